The summed E-state index contributed by atoms with van der Waals surface area (Å²) in [6, 6.07) is 10.3. The van der Waals surface area contributed by atoms with Gasteiger partial charge < -0.3 is 15.4 Å². The molecule has 0 saturated heterocycles. The minimum absolute atomic E-state index is 0.0361. The van der Waals surface area contributed by atoms with Crippen LogP contribution in [-0.2, 0) is 12.4 Å². The second-order valence-corrected chi connectivity index (χ2v) is 7.95. The second kappa shape index (κ2) is 10.5. The molecule has 0 aliphatic rings. The molecule has 0 radical (unpaired) electrons. The lowest BCUT2D eigenvalue weighted by molar-refractivity contribution is -0.143. The van der Waals surface area contributed by atoms with Crippen molar-refractivity contribution in [3.63, 3.8) is 0 Å². The second-order valence-electron chi connectivity index (χ2n) is 7.95. The molecule has 39 heavy (non-hydrogen) atoms. The van der Waals surface area contributed by atoms with Crippen molar-refractivity contribution in [2.24, 2.45) is 0 Å². The van der Waals surface area contributed by atoms with Crippen LogP contribution < -0.4 is 20.7 Å². The molecule has 0 atom stereocenters. The molecule has 4 aromatic rings. The average Bonchev–Trinajstić information content (AvgIpc) is 2.87. The number of pyridine rings is 2. The molecule has 2 aromatic heterocycles. The maximum Gasteiger partial charge on any atom is 0.416 e. The van der Waals surface area contributed by atoms with Gasteiger partial charge in [0.25, 0.3) is 5.91 Å². The quantitative estimate of drug-likeness (QED) is 0.248. The van der Waals surface area contributed by atoms with Crippen LogP contribution >= 0.6 is 0 Å². The summed E-state index contributed by atoms with van der Waals surface area (Å²) in [7, 11) is 1.46. The lowest BCUT2D eigenvalue weighted by Gasteiger charge is -2.15. The van der Waals surface area contributed by atoms with Gasteiger partial charge in [-0.25, -0.2) is 9.78 Å². The summed E-state index contributed by atoms with van der Waals surface area (Å²) in [5.41, 5.74) is -3.36. The predicted molar refractivity (Wildman–Crippen MR) is 129 cm³/mol. The highest BCUT2D eigenvalue weighted by molar-refractivity contribution is 6.00. The number of amides is 3. The van der Waals surface area contributed by atoms with Crippen LogP contribution in [0.2, 0.25) is 0 Å². The molecule has 4 rings (SSSR count). The molecule has 0 saturated carbocycles. The van der Waals surface area contributed by atoms with E-state index in [2.05, 4.69) is 20.6 Å². The molecule has 3 N–H and O–H groups in total. The molecule has 0 bridgehead atoms. The first-order valence-corrected chi connectivity index (χ1v) is 11.0. The first kappa shape index (κ1) is 27.2. The van der Waals surface area contributed by atoms with E-state index in [9.17, 15) is 35.9 Å². The molecule has 202 valence electrons. The van der Waals surface area contributed by atoms with E-state index >= 15 is 0 Å². The normalized spacial score (nSPS) is 11.7. The van der Waals surface area contributed by atoms with Crippen molar-refractivity contribution in [1.82, 2.24) is 15.3 Å². The number of carbonyl (C=O) groups excluding carboxylic acids is 2. The molecular formula is C25H17F6N5O3. The number of carbonyl (C=O) groups is 2. The monoisotopic (exact) mass is 549 g/mol. The van der Waals surface area contributed by atoms with Crippen LogP contribution in [0.3, 0.4) is 0 Å². The maximum atomic E-state index is 13.1. The molecule has 2 aromatic carbocycles. The van der Waals surface area contributed by atoms with E-state index in [1.807, 2.05) is 5.32 Å². The standard InChI is InChI=1S/C25H17F6N5O3/c1-32-22(37)19-12-16(7-8-33-19)39-20-4-2-3-18-17(20)5-6-21(35-18)36-23(38)34-15-10-13(24(26,27)28)9-14(11-15)25(29,30)31/h2-12H,1H3,(H,32,37)(H2,34,35,36,38). The molecule has 0 aliphatic heterocycles. The highest BCUT2D eigenvalue weighted by Crippen LogP contribution is 2.37. The number of hydrogen-bond acceptors (Lipinski definition) is 5. The van der Waals surface area contributed by atoms with Gasteiger partial charge in [0.05, 0.1) is 16.6 Å². The minimum atomic E-state index is -5.06. The highest BCUT2D eigenvalue weighted by atomic mass is 19.4. The summed E-state index contributed by atoms with van der Waals surface area (Å²) in [5, 5.41) is 7.21. The number of aromatic nitrogens is 2. The Balaban J connectivity index is 1.54. The molecule has 2 heterocycles. The van der Waals surface area contributed by atoms with E-state index in [1.165, 1.54) is 31.4 Å². The van der Waals surface area contributed by atoms with Gasteiger partial charge in [-0.15, -0.1) is 0 Å². The molecule has 0 unspecified atom stereocenters. The van der Waals surface area contributed by atoms with Crippen LogP contribution in [0, 0.1) is 0 Å². The van der Waals surface area contributed by atoms with Crippen molar-refractivity contribution in [3.05, 3.63) is 83.7 Å². The highest BCUT2D eigenvalue weighted by Gasteiger charge is 2.37. The van der Waals surface area contributed by atoms with Crippen molar-refractivity contribution in [2.75, 3.05) is 17.7 Å². The summed E-state index contributed by atoms with van der Waals surface area (Å²) in [4.78, 5) is 32.4. The van der Waals surface area contributed by atoms with Crippen LogP contribution in [-0.4, -0.2) is 29.0 Å². The molecule has 0 aliphatic carbocycles. The van der Waals surface area contributed by atoms with Crippen LogP contribution in [0.25, 0.3) is 10.9 Å². The van der Waals surface area contributed by atoms with Gasteiger partial charge in [0.1, 0.15) is 23.0 Å². The Hall–Kier alpha value is -4.88. The van der Waals surface area contributed by atoms with Gasteiger partial charge in [-0.1, -0.05) is 6.07 Å². The lowest BCUT2D eigenvalue weighted by atomic mass is 10.1. The molecular weight excluding hydrogens is 532 g/mol. The third kappa shape index (κ3) is 6.52. The zero-order valence-electron chi connectivity index (χ0n) is 19.7. The molecule has 0 fully saturated rings. The lowest BCUT2D eigenvalue weighted by Crippen LogP contribution is -2.21. The molecule has 3 amide bonds. The van der Waals surface area contributed by atoms with E-state index in [0.717, 1.165) is 0 Å². The molecule has 14 heteroatoms. The number of urea groups is 1. The first-order chi connectivity index (χ1) is 18.3. The summed E-state index contributed by atoms with van der Waals surface area (Å²) in [6.45, 7) is 0. The van der Waals surface area contributed by atoms with E-state index in [4.69, 9.17) is 4.74 Å². The van der Waals surface area contributed by atoms with Gasteiger partial charge in [-0.05, 0) is 48.5 Å². The summed E-state index contributed by atoms with van der Waals surface area (Å²) >= 11 is 0. The Labute approximate surface area is 216 Å². The Kier molecular flexibility index (Phi) is 7.29. The Bertz CT molecular complexity index is 1520. The predicted octanol–water partition coefficient (Wildman–Crippen LogP) is 6.46. The third-order valence-corrected chi connectivity index (χ3v) is 5.20. The van der Waals surface area contributed by atoms with Gasteiger partial charge in [0, 0.05) is 30.4 Å². The number of hydrogen-bond donors (Lipinski definition) is 3. The fraction of sp³-hybridized carbons (Fsp3) is 0.120. The number of benzene rings is 2. The Morgan fingerprint density at radius 3 is 2.18 bits per heavy atom. The van der Waals surface area contributed by atoms with Crippen LogP contribution in [0.15, 0.2) is 66.9 Å². The van der Waals surface area contributed by atoms with Crippen molar-refractivity contribution in [3.8, 4) is 11.5 Å². The number of alkyl halides is 6. The summed E-state index contributed by atoms with van der Waals surface area (Å²) in [6.07, 6.45) is -8.73. The smallest absolute Gasteiger partial charge is 0.416 e. The van der Waals surface area contributed by atoms with Crippen molar-refractivity contribution < 1.29 is 40.7 Å². The number of fused-ring (bicyclic) bond motifs is 1. The first-order valence-electron chi connectivity index (χ1n) is 11.0. The minimum Gasteiger partial charge on any atom is -0.457 e. The number of ether oxygens (including phenoxy) is 1. The number of halogens is 6. The van der Waals surface area contributed by atoms with Crippen LogP contribution in [0.1, 0.15) is 21.6 Å². The summed E-state index contributed by atoms with van der Waals surface area (Å²) in [5.74, 6) is 0.227. The largest absolute Gasteiger partial charge is 0.457 e. The van der Waals surface area contributed by atoms with Crippen molar-refractivity contribution >= 4 is 34.3 Å². The average molecular weight is 549 g/mol. The summed E-state index contributed by atoms with van der Waals surface area (Å²) < 4.78 is 84.3. The maximum absolute atomic E-state index is 13.1. The molecule has 0 spiro atoms. The fourth-order valence-corrected chi connectivity index (χ4v) is 3.44. The number of rotatable bonds is 5. The topological polar surface area (TPSA) is 105 Å². The van der Waals surface area contributed by atoms with Gasteiger partial charge >= 0.3 is 18.4 Å². The van der Waals surface area contributed by atoms with Gasteiger partial charge in [-0.2, -0.15) is 26.3 Å². The molecule has 8 nitrogen and oxygen atoms in total. The van der Waals surface area contributed by atoms with E-state index in [0.29, 0.717) is 34.5 Å². The van der Waals surface area contributed by atoms with E-state index in [1.54, 1.807) is 24.3 Å². The Morgan fingerprint density at radius 2 is 1.54 bits per heavy atom. The number of anilines is 2. The van der Waals surface area contributed by atoms with Crippen molar-refractivity contribution in [2.45, 2.75) is 12.4 Å². The van der Waals surface area contributed by atoms with Crippen molar-refractivity contribution in [1.29, 1.82) is 0 Å². The van der Waals surface area contributed by atoms with E-state index in [-0.39, 0.29) is 17.6 Å². The SMILES string of the molecule is CNC(=O)c1cc(Oc2cccc3nc(NC(=O)Nc4cc(C(F)(F)F)cc(C(F)(F)F)c4)ccc23)ccn1. The zero-order chi connectivity index (χ0) is 28.4. The van der Waals surface area contributed by atoms with Crippen LogP contribution in [0.4, 0.5) is 42.6 Å². The fourth-order valence-electron chi connectivity index (χ4n) is 3.44. The number of nitrogens with zero attached hydrogens (tertiary/aromatic N) is 2. The third-order valence-electron chi connectivity index (χ3n) is 5.20. The van der Waals surface area contributed by atoms with Gasteiger partial charge in [0.15, 0.2) is 0 Å². The van der Waals surface area contributed by atoms with Crippen LogP contribution in [0.5, 0.6) is 11.5 Å². The van der Waals surface area contributed by atoms with Gasteiger partial charge in [0.2, 0.25) is 0 Å². The Morgan fingerprint density at radius 1 is 0.846 bits per heavy atom. The zero-order valence-corrected chi connectivity index (χ0v) is 19.7. The van der Waals surface area contributed by atoms with Gasteiger partial charge in [-0.3, -0.25) is 15.1 Å². The van der Waals surface area contributed by atoms with E-state index < -0.39 is 41.1 Å². The number of nitrogens with one attached hydrogen (secondary N) is 3.